The monoisotopic (exact) mass is 542 g/mol. The van der Waals surface area contributed by atoms with Crippen molar-refractivity contribution in [2.75, 3.05) is 24.7 Å². The quantitative estimate of drug-likeness (QED) is 0.0667. The van der Waals surface area contributed by atoms with Crippen LogP contribution in [0.3, 0.4) is 0 Å². The lowest BCUT2D eigenvalue weighted by Gasteiger charge is -2.06. The van der Waals surface area contributed by atoms with E-state index in [9.17, 15) is 9.59 Å². The largest absolute Gasteiger partial charge is 0.466 e. The van der Waals surface area contributed by atoms with Gasteiger partial charge in [-0.25, -0.2) is 0 Å². The van der Waals surface area contributed by atoms with Gasteiger partial charge in [0, 0.05) is 11.5 Å². The molecule has 0 aliphatic heterocycles. The number of unbranched alkanes of at least 4 members (excludes halogenated alkanes) is 20. The normalized spacial score (nSPS) is 11.1. The summed E-state index contributed by atoms with van der Waals surface area (Å²) in [5, 5.41) is 0. The first-order valence-corrected chi connectivity index (χ1v) is 17.2. The van der Waals surface area contributed by atoms with E-state index >= 15 is 0 Å². The van der Waals surface area contributed by atoms with Crippen LogP contribution in [0.25, 0.3) is 0 Å². The Morgan fingerprint density at radius 2 is 0.703 bits per heavy atom. The van der Waals surface area contributed by atoms with Crippen molar-refractivity contribution in [3.63, 3.8) is 0 Å². The van der Waals surface area contributed by atoms with Crippen LogP contribution in [0.15, 0.2) is 0 Å². The minimum atomic E-state index is -0.113. The van der Waals surface area contributed by atoms with Crippen molar-refractivity contribution in [1.29, 1.82) is 0 Å². The summed E-state index contributed by atoms with van der Waals surface area (Å²) >= 11 is 1.63. The number of rotatable bonds is 30. The van der Waals surface area contributed by atoms with E-state index in [0.29, 0.717) is 37.6 Å². The van der Waals surface area contributed by atoms with E-state index in [0.717, 1.165) is 25.7 Å². The predicted molar refractivity (Wildman–Crippen MR) is 161 cm³/mol. The molecule has 0 aromatic heterocycles. The number of carbonyl (C=O) groups is 2. The SMILES string of the molecule is CCCCCCCCCCCCCCOC(=O)CCSCCC(=O)OCCCCCCCCCCCC. The van der Waals surface area contributed by atoms with Gasteiger partial charge in [-0.05, 0) is 12.8 Å². The van der Waals surface area contributed by atoms with E-state index in [1.807, 2.05) is 0 Å². The maximum Gasteiger partial charge on any atom is 0.306 e. The number of thioether (sulfide) groups is 1. The summed E-state index contributed by atoms with van der Waals surface area (Å²) in [6, 6.07) is 0. The van der Waals surface area contributed by atoms with Gasteiger partial charge in [0.1, 0.15) is 0 Å². The maximum absolute atomic E-state index is 11.8. The summed E-state index contributed by atoms with van der Waals surface area (Å²) in [5.41, 5.74) is 0. The average molecular weight is 543 g/mol. The highest BCUT2D eigenvalue weighted by atomic mass is 32.2. The van der Waals surface area contributed by atoms with Gasteiger partial charge in [-0.1, -0.05) is 142 Å². The molecular formula is C32H62O4S. The second kappa shape index (κ2) is 31.5. The highest BCUT2D eigenvalue weighted by Crippen LogP contribution is 2.13. The molecule has 0 aromatic carbocycles. The van der Waals surface area contributed by atoms with Gasteiger partial charge in [-0.3, -0.25) is 9.59 Å². The average Bonchev–Trinajstić information content (AvgIpc) is 2.89. The number of hydrogen-bond donors (Lipinski definition) is 0. The molecule has 4 nitrogen and oxygen atoms in total. The maximum atomic E-state index is 11.8. The second-order valence-corrected chi connectivity index (χ2v) is 11.8. The lowest BCUT2D eigenvalue weighted by atomic mass is 10.1. The third kappa shape index (κ3) is 31.4. The third-order valence-corrected chi connectivity index (χ3v) is 7.91. The molecule has 0 amide bonds. The second-order valence-electron chi connectivity index (χ2n) is 10.6. The van der Waals surface area contributed by atoms with Gasteiger partial charge in [-0.2, -0.15) is 11.8 Å². The van der Waals surface area contributed by atoms with E-state index in [1.165, 1.54) is 116 Å². The van der Waals surface area contributed by atoms with Gasteiger partial charge in [0.15, 0.2) is 0 Å². The molecule has 0 aliphatic rings. The molecule has 0 radical (unpaired) electrons. The molecule has 0 bridgehead atoms. The molecule has 0 N–H and O–H groups in total. The van der Waals surface area contributed by atoms with Crippen LogP contribution in [-0.2, 0) is 19.1 Å². The molecular weight excluding hydrogens is 480 g/mol. The van der Waals surface area contributed by atoms with Crippen LogP contribution in [0.5, 0.6) is 0 Å². The molecule has 0 unspecified atom stereocenters. The van der Waals surface area contributed by atoms with Crippen molar-refractivity contribution in [3.8, 4) is 0 Å². The Hall–Kier alpha value is -0.710. The molecule has 0 saturated heterocycles. The Morgan fingerprint density at radius 1 is 0.432 bits per heavy atom. The fraction of sp³-hybridized carbons (Fsp3) is 0.938. The van der Waals surface area contributed by atoms with Gasteiger partial charge < -0.3 is 9.47 Å². The standard InChI is InChI=1S/C32H62O4S/c1-3-5-7-9-11-13-15-16-18-20-22-24-28-36-32(34)26-30-37-29-25-31(33)35-27-23-21-19-17-14-12-10-8-6-4-2/h3-30H2,1-2H3. The molecule has 37 heavy (non-hydrogen) atoms. The molecule has 0 atom stereocenters. The Labute approximate surface area is 235 Å². The zero-order valence-electron chi connectivity index (χ0n) is 24.8. The molecule has 0 aliphatic carbocycles. The van der Waals surface area contributed by atoms with Crippen molar-refractivity contribution < 1.29 is 19.1 Å². The highest BCUT2D eigenvalue weighted by Gasteiger charge is 2.06. The Balaban J connectivity index is 3.27. The van der Waals surface area contributed by atoms with Crippen molar-refractivity contribution in [2.45, 2.75) is 168 Å². The lowest BCUT2D eigenvalue weighted by Crippen LogP contribution is -2.09. The van der Waals surface area contributed by atoms with Gasteiger partial charge in [0.2, 0.25) is 0 Å². The summed E-state index contributed by atoms with van der Waals surface area (Å²) < 4.78 is 10.7. The Morgan fingerprint density at radius 3 is 1.00 bits per heavy atom. The Kier molecular flexibility index (Phi) is 30.9. The smallest absolute Gasteiger partial charge is 0.306 e. The third-order valence-electron chi connectivity index (χ3n) is 6.92. The first kappa shape index (κ1) is 36.3. The summed E-state index contributed by atoms with van der Waals surface area (Å²) in [7, 11) is 0. The molecule has 0 fully saturated rings. The van der Waals surface area contributed by atoms with Crippen molar-refractivity contribution >= 4 is 23.7 Å². The van der Waals surface area contributed by atoms with Crippen LogP contribution in [0.4, 0.5) is 0 Å². The zero-order chi connectivity index (χ0) is 27.1. The van der Waals surface area contributed by atoms with Crippen LogP contribution in [-0.4, -0.2) is 36.7 Å². The highest BCUT2D eigenvalue weighted by molar-refractivity contribution is 7.99. The minimum Gasteiger partial charge on any atom is -0.466 e. The van der Waals surface area contributed by atoms with Crippen molar-refractivity contribution in [2.24, 2.45) is 0 Å². The number of ether oxygens (including phenoxy) is 2. The van der Waals surface area contributed by atoms with Gasteiger partial charge in [-0.15, -0.1) is 0 Å². The summed E-state index contributed by atoms with van der Waals surface area (Å²) in [5.74, 6) is 1.20. The Bertz CT molecular complexity index is 483. The fourth-order valence-electron chi connectivity index (χ4n) is 4.46. The molecule has 0 aromatic rings. The fourth-order valence-corrected chi connectivity index (χ4v) is 5.29. The molecule has 0 heterocycles. The van der Waals surface area contributed by atoms with E-state index in [2.05, 4.69) is 13.8 Å². The van der Waals surface area contributed by atoms with Gasteiger partial charge in [0.05, 0.1) is 26.1 Å². The first-order valence-electron chi connectivity index (χ1n) is 16.1. The van der Waals surface area contributed by atoms with Crippen LogP contribution in [0.1, 0.15) is 168 Å². The van der Waals surface area contributed by atoms with Gasteiger partial charge >= 0.3 is 11.9 Å². The molecule has 0 rings (SSSR count). The van der Waals surface area contributed by atoms with Gasteiger partial charge in [0.25, 0.3) is 0 Å². The lowest BCUT2D eigenvalue weighted by molar-refractivity contribution is -0.144. The summed E-state index contributed by atoms with van der Waals surface area (Å²) in [6.45, 7) is 5.62. The number of hydrogen-bond acceptors (Lipinski definition) is 5. The van der Waals surface area contributed by atoms with Crippen LogP contribution in [0, 0.1) is 0 Å². The number of esters is 2. The van der Waals surface area contributed by atoms with Crippen LogP contribution in [0.2, 0.25) is 0 Å². The van der Waals surface area contributed by atoms with Crippen molar-refractivity contribution in [3.05, 3.63) is 0 Å². The zero-order valence-corrected chi connectivity index (χ0v) is 25.7. The summed E-state index contributed by atoms with van der Waals surface area (Å²) in [6.07, 6.45) is 29.4. The first-order chi connectivity index (χ1) is 18.2. The van der Waals surface area contributed by atoms with E-state index in [1.54, 1.807) is 11.8 Å². The molecule has 220 valence electrons. The van der Waals surface area contributed by atoms with Crippen molar-refractivity contribution in [1.82, 2.24) is 0 Å². The van der Waals surface area contributed by atoms with Crippen LogP contribution < -0.4 is 0 Å². The number of carbonyl (C=O) groups excluding carboxylic acids is 2. The van der Waals surface area contributed by atoms with E-state index in [4.69, 9.17) is 9.47 Å². The topological polar surface area (TPSA) is 52.6 Å². The molecule has 0 saturated carbocycles. The molecule has 0 spiro atoms. The minimum absolute atomic E-state index is 0.112. The predicted octanol–water partition coefficient (Wildman–Crippen LogP) is 10.2. The van der Waals surface area contributed by atoms with Crippen LogP contribution >= 0.6 is 11.8 Å². The summed E-state index contributed by atoms with van der Waals surface area (Å²) in [4.78, 5) is 23.7. The molecule has 5 heteroatoms. The van der Waals surface area contributed by atoms with E-state index in [-0.39, 0.29) is 11.9 Å². The van der Waals surface area contributed by atoms with E-state index < -0.39 is 0 Å².